The molecule has 0 saturated heterocycles. The molecule has 0 aliphatic carbocycles. The number of aryl methyl sites for hydroxylation is 1. The van der Waals surface area contributed by atoms with Crippen LogP contribution in [0.15, 0.2) is 12.5 Å². The lowest BCUT2D eigenvalue weighted by atomic mass is 10.4. The van der Waals surface area contributed by atoms with Crippen molar-refractivity contribution in [3.05, 3.63) is 18.3 Å². The smallest absolute Gasteiger partial charge is 0.226 e. The van der Waals surface area contributed by atoms with E-state index in [4.69, 9.17) is 0 Å². The third-order valence-corrected chi connectivity index (χ3v) is 2.71. The first-order valence-electron chi connectivity index (χ1n) is 6.29. The number of hydrogen-bond donors (Lipinski definition) is 3. The molecular formula is C11H15N9. The summed E-state index contributed by atoms with van der Waals surface area (Å²) in [4.78, 5) is 12.9. The second kappa shape index (κ2) is 5.11. The Morgan fingerprint density at radius 2 is 2.20 bits per heavy atom. The Morgan fingerprint density at radius 1 is 1.30 bits per heavy atom. The van der Waals surface area contributed by atoms with Gasteiger partial charge in [0.25, 0.3) is 0 Å². The molecule has 0 atom stereocenters. The minimum atomic E-state index is 0.490. The van der Waals surface area contributed by atoms with E-state index in [1.54, 1.807) is 17.2 Å². The molecule has 3 heterocycles. The maximum absolute atomic E-state index is 4.43. The molecule has 0 fully saturated rings. The molecule has 0 saturated carbocycles. The zero-order valence-corrected chi connectivity index (χ0v) is 11.3. The van der Waals surface area contributed by atoms with Gasteiger partial charge in [-0.15, -0.1) is 0 Å². The molecule has 104 valence electrons. The fourth-order valence-electron chi connectivity index (χ4n) is 1.83. The zero-order valence-electron chi connectivity index (χ0n) is 11.3. The van der Waals surface area contributed by atoms with Gasteiger partial charge in [0.05, 0.1) is 18.1 Å². The van der Waals surface area contributed by atoms with E-state index in [1.165, 1.54) is 0 Å². The van der Waals surface area contributed by atoms with Crippen LogP contribution in [0.1, 0.15) is 12.7 Å². The number of fused-ring (bicyclic) bond motifs is 1. The Labute approximate surface area is 114 Å². The first-order chi connectivity index (χ1) is 9.76. The van der Waals surface area contributed by atoms with Crippen LogP contribution in [0, 0.1) is 0 Å². The van der Waals surface area contributed by atoms with Crippen LogP contribution in [0.25, 0.3) is 11.0 Å². The number of aromatic amines is 1. The Hall–Kier alpha value is -2.71. The lowest BCUT2D eigenvalue weighted by molar-refractivity contribution is 0.747. The van der Waals surface area contributed by atoms with Crippen LogP contribution in [0.3, 0.4) is 0 Å². The standard InChI is InChI=1S/C11H15N9/c1-3-12-11-16-9(7-4-15-18-10(7)17-11)13-5-8-14-6-20(2)19-8/h4,6H,3,5H2,1-2H3,(H3,12,13,15,16,17,18). The van der Waals surface area contributed by atoms with Gasteiger partial charge in [0, 0.05) is 13.6 Å². The van der Waals surface area contributed by atoms with E-state index in [0.29, 0.717) is 29.8 Å². The molecule has 3 aromatic heterocycles. The highest BCUT2D eigenvalue weighted by atomic mass is 15.3. The Balaban J connectivity index is 1.87. The number of nitrogens with one attached hydrogen (secondary N) is 3. The average molecular weight is 273 g/mol. The Morgan fingerprint density at radius 3 is 2.95 bits per heavy atom. The number of hydrogen-bond acceptors (Lipinski definition) is 7. The van der Waals surface area contributed by atoms with Crippen LogP contribution >= 0.6 is 0 Å². The van der Waals surface area contributed by atoms with E-state index in [9.17, 15) is 0 Å². The molecule has 0 bridgehead atoms. The third kappa shape index (κ3) is 2.37. The molecule has 9 nitrogen and oxygen atoms in total. The zero-order chi connectivity index (χ0) is 13.9. The van der Waals surface area contributed by atoms with Gasteiger partial charge in [-0.1, -0.05) is 0 Å². The summed E-state index contributed by atoms with van der Waals surface area (Å²) in [6.45, 7) is 3.23. The van der Waals surface area contributed by atoms with Crippen molar-refractivity contribution < 1.29 is 0 Å². The number of H-pyrrole nitrogens is 1. The summed E-state index contributed by atoms with van der Waals surface area (Å²) in [5.74, 6) is 1.96. The molecule has 20 heavy (non-hydrogen) atoms. The highest BCUT2D eigenvalue weighted by molar-refractivity contribution is 5.86. The van der Waals surface area contributed by atoms with Gasteiger partial charge in [0.15, 0.2) is 11.5 Å². The molecule has 0 aliphatic rings. The van der Waals surface area contributed by atoms with Crippen LogP contribution in [0.4, 0.5) is 11.8 Å². The molecule has 0 amide bonds. The summed E-state index contributed by atoms with van der Waals surface area (Å²) in [7, 11) is 1.83. The molecule has 9 heteroatoms. The van der Waals surface area contributed by atoms with Gasteiger partial charge in [-0.05, 0) is 6.92 Å². The lowest BCUT2D eigenvalue weighted by Crippen LogP contribution is -2.08. The topological polar surface area (TPSA) is 109 Å². The summed E-state index contributed by atoms with van der Waals surface area (Å²) < 4.78 is 1.66. The lowest BCUT2D eigenvalue weighted by Gasteiger charge is -2.07. The molecule has 3 rings (SSSR count). The first-order valence-corrected chi connectivity index (χ1v) is 6.29. The van der Waals surface area contributed by atoms with Crippen molar-refractivity contribution in [1.29, 1.82) is 0 Å². The average Bonchev–Trinajstić information content (AvgIpc) is 3.05. The van der Waals surface area contributed by atoms with Crippen molar-refractivity contribution in [2.45, 2.75) is 13.5 Å². The molecule has 0 radical (unpaired) electrons. The van der Waals surface area contributed by atoms with Gasteiger partial charge >= 0.3 is 0 Å². The van der Waals surface area contributed by atoms with Crippen molar-refractivity contribution in [3.63, 3.8) is 0 Å². The molecule has 3 aromatic rings. The van der Waals surface area contributed by atoms with Gasteiger partial charge in [-0.3, -0.25) is 9.78 Å². The van der Waals surface area contributed by atoms with Crippen molar-refractivity contribution in [1.82, 2.24) is 34.9 Å². The number of anilines is 2. The molecule has 0 unspecified atom stereocenters. The molecule has 3 N–H and O–H groups in total. The van der Waals surface area contributed by atoms with Gasteiger partial charge in [0.1, 0.15) is 12.1 Å². The second-order valence-corrected chi connectivity index (χ2v) is 4.25. The van der Waals surface area contributed by atoms with Gasteiger partial charge in [-0.2, -0.15) is 20.2 Å². The van der Waals surface area contributed by atoms with E-state index >= 15 is 0 Å². The predicted octanol–water partition coefficient (Wildman–Crippen LogP) is 0.525. The molecule has 0 spiro atoms. The number of rotatable bonds is 5. The van der Waals surface area contributed by atoms with Crippen LogP contribution in [-0.4, -0.2) is 41.5 Å². The maximum atomic E-state index is 4.43. The monoisotopic (exact) mass is 273 g/mol. The SMILES string of the molecule is CCNc1nc(NCc2ncn(C)n2)c2cn[nH]c2n1. The highest BCUT2D eigenvalue weighted by Crippen LogP contribution is 2.20. The molecule has 0 aromatic carbocycles. The van der Waals surface area contributed by atoms with E-state index in [0.717, 1.165) is 11.9 Å². The first kappa shape index (κ1) is 12.3. The van der Waals surface area contributed by atoms with Crippen molar-refractivity contribution >= 4 is 22.8 Å². The normalized spacial score (nSPS) is 10.9. The fraction of sp³-hybridized carbons (Fsp3) is 0.364. The van der Waals surface area contributed by atoms with E-state index in [2.05, 4.69) is 40.9 Å². The van der Waals surface area contributed by atoms with Crippen LogP contribution < -0.4 is 10.6 Å². The van der Waals surface area contributed by atoms with Gasteiger partial charge in [-0.25, -0.2) is 4.98 Å². The largest absolute Gasteiger partial charge is 0.362 e. The quantitative estimate of drug-likeness (QED) is 0.622. The van der Waals surface area contributed by atoms with Crippen LogP contribution in [-0.2, 0) is 13.6 Å². The maximum Gasteiger partial charge on any atom is 0.226 e. The second-order valence-electron chi connectivity index (χ2n) is 4.25. The number of aromatic nitrogens is 7. The summed E-state index contributed by atoms with van der Waals surface area (Å²) in [6.07, 6.45) is 3.35. The minimum Gasteiger partial charge on any atom is -0.362 e. The molecule has 0 aliphatic heterocycles. The Kier molecular flexibility index (Phi) is 3.15. The summed E-state index contributed by atoms with van der Waals surface area (Å²) in [6, 6.07) is 0. The van der Waals surface area contributed by atoms with Crippen molar-refractivity contribution in [2.75, 3.05) is 17.2 Å². The van der Waals surface area contributed by atoms with Crippen LogP contribution in [0.2, 0.25) is 0 Å². The van der Waals surface area contributed by atoms with Gasteiger partial charge in [0.2, 0.25) is 5.95 Å². The third-order valence-electron chi connectivity index (χ3n) is 2.71. The van der Waals surface area contributed by atoms with Crippen LogP contribution in [0.5, 0.6) is 0 Å². The number of nitrogens with zero attached hydrogens (tertiary/aromatic N) is 6. The van der Waals surface area contributed by atoms with Crippen molar-refractivity contribution in [2.24, 2.45) is 7.05 Å². The molecular weight excluding hydrogens is 258 g/mol. The van der Waals surface area contributed by atoms with E-state index in [1.807, 2.05) is 14.0 Å². The van der Waals surface area contributed by atoms with Crippen molar-refractivity contribution in [3.8, 4) is 0 Å². The minimum absolute atomic E-state index is 0.490. The van der Waals surface area contributed by atoms with E-state index in [-0.39, 0.29) is 0 Å². The van der Waals surface area contributed by atoms with E-state index < -0.39 is 0 Å². The van der Waals surface area contributed by atoms with Gasteiger partial charge < -0.3 is 10.6 Å². The Bertz CT molecular complexity index is 714. The summed E-state index contributed by atoms with van der Waals surface area (Å²) >= 11 is 0. The highest BCUT2D eigenvalue weighted by Gasteiger charge is 2.09. The predicted molar refractivity (Wildman–Crippen MR) is 74.2 cm³/mol. The summed E-state index contributed by atoms with van der Waals surface area (Å²) in [5, 5.41) is 18.2. The fourth-order valence-corrected chi connectivity index (χ4v) is 1.83. The summed E-state index contributed by atoms with van der Waals surface area (Å²) in [5.41, 5.74) is 0.687.